The summed E-state index contributed by atoms with van der Waals surface area (Å²) in [5.41, 5.74) is 12.7. The van der Waals surface area contributed by atoms with Crippen molar-refractivity contribution in [3.63, 3.8) is 0 Å². The van der Waals surface area contributed by atoms with Crippen molar-refractivity contribution in [2.45, 2.75) is 140 Å². The molecule has 8 fully saturated rings. The van der Waals surface area contributed by atoms with Gasteiger partial charge in [-0.05, 0) is 181 Å². The molecule has 8 bridgehead atoms. The Morgan fingerprint density at radius 1 is 0.460 bits per heavy atom. The van der Waals surface area contributed by atoms with Crippen LogP contribution in [0.4, 0.5) is 0 Å². The number of aromatic hydroxyl groups is 2. The minimum atomic E-state index is -0.826. The van der Waals surface area contributed by atoms with Crippen LogP contribution in [0.15, 0.2) is 91.0 Å². The molecule has 0 saturated heterocycles. The summed E-state index contributed by atoms with van der Waals surface area (Å²) in [7, 11) is 9.87. The Morgan fingerprint density at radius 3 is 1.06 bits per heavy atom. The molecular weight excluding hydrogens is 893 g/mol. The van der Waals surface area contributed by atoms with Crippen molar-refractivity contribution >= 4 is 17.0 Å². The van der Waals surface area contributed by atoms with Gasteiger partial charge in [-0.3, -0.25) is 0 Å². The molecule has 6 heteroatoms. The Kier molecular flexibility index (Phi) is 11.5. The molecule has 0 atom stereocenters. The first-order valence-corrected chi connectivity index (χ1v) is 30.3. The molecule has 3 nitrogen and oxygen atoms in total. The van der Waals surface area contributed by atoms with Crippen LogP contribution in [0.3, 0.4) is 0 Å². The number of phenolic OH excluding ortho intramolecular Hbond substituents is 2. The van der Waals surface area contributed by atoms with Gasteiger partial charge in [-0.25, -0.2) is 4.98 Å². The van der Waals surface area contributed by atoms with Gasteiger partial charge in [0.1, 0.15) is 11.5 Å². The van der Waals surface area contributed by atoms with Crippen LogP contribution >= 0.6 is 17.0 Å². The fraction of sp³-hybridized carbons (Fsp3) is 0.491. The van der Waals surface area contributed by atoms with Crippen LogP contribution in [0.2, 0.25) is 0 Å². The fourth-order valence-electron chi connectivity index (χ4n) is 14.9. The van der Waals surface area contributed by atoms with Crippen molar-refractivity contribution in [2.75, 3.05) is 0 Å². The van der Waals surface area contributed by atoms with Gasteiger partial charge in [0.25, 0.3) is 0 Å². The van der Waals surface area contributed by atoms with Gasteiger partial charge in [-0.2, -0.15) is 0 Å². The summed E-state index contributed by atoms with van der Waals surface area (Å²) in [6.07, 6.45) is 15.5. The van der Waals surface area contributed by atoms with Crippen molar-refractivity contribution in [1.29, 1.82) is 0 Å². The molecule has 8 aliphatic carbocycles. The van der Waals surface area contributed by atoms with E-state index >= 15 is 0 Å². The van der Waals surface area contributed by atoms with E-state index in [1.54, 1.807) is 0 Å². The van der Waals surface area contributed by atoms with E-state index in [-0.39, 0.29) is 21.7 Å². The third-order valence-electron chi connectivity index (χ3n) is 16.9. The van der Waals surface area contributed by atoms with E-state index in [0.717, 1.165) is 80.3 Å². The van der Waals surface area contributed by atoms with Crippen molar-refractivity contribution < 1.29 is 31.1 Å². The molecule has 0 aliphatic heterocycles. The topological polar surface area (TPSA) is 53.4 Å². The maximum absolute atomic E-state index is 12.6. The first kappa shape index (κ1) is 44.0. The summed E-state index contributed by atoms with van der Waals surface area (Å²) in [6.45, 7) is 13.8. The molecule has 8 saturated carbocycles. The maximum atomic E-state index is 12.6. The van der Waals surface area contributed by atoms with Crippen LogP contribution < -0.4 is 0 Å². The van der Waals surface area contributed by atoms with E-state index < -0.39 is 20.8 Å². The predicted octanol–water partition coefficient (Wildman–Crippen LogP) is 16.1. The molecule has 0 radical (unpaired) electrons. The second kappa shape index (κ2) is 16.5. The summed E-state index contributed by atoms with van der Waals surface area (Å²) in [5, 5.41) is 25.2. The molecular formula is C57H65Cl2NO2Zr. The standard InChI is InChI=1S/C57H65NO2.2ClH.Zr/c1-54(2,3)40-24-46(52(59)48(26-40)56-28-34-18-35(29-56)20-36(19-34)30-56)42-12-7-9-14-44(42)50-16-11-17-51(58-50)45-15-10-8-13-43(45)47-25-41(55(4,5)6)27-49(53(47)60)57-31-37-21-38(32-57)23-39(22-37)33-57;;;/h7-17,24-27,34-39,59-60H,18-23,28-33H2,1-6H3;2*1H;/q;;;+2/p-2. The summed E-state index contributed by atoms with van der Waals surface area (Å²) in [6, 6.07) is 32.8. The number of nitrogens with zero attached hydrogens (tertiary/aromatic N) is 1. The number of benzene rings is 4. The summed E-state index contributed by atoms with van der Waals surface area (Å²) in [4.78, 5) is 5.48. The van der Waals surface area contributed by atoms with Gasteiger partial charge in [0, 0.05) is 33.4 Å². The number of hydrogen-bond donors (Lipinski definition) is 2. The second-order valence-electron chi connectivity index (χ2n) is 23.3. The van der Waals surface area contributed by atoms with Gasteiger partial charge in [-0.1, -0.05) is 108 Å². The van der Waals surface area contributed by atoms with Gasteiger partial charge in [0.15, 0.2) is 0 Å². The van der Waals surface area contributed by atoms with Crippen molar-refractivity contribution in [2.24, 2.45) is 35.5 Å². The van der Waals surface area contributed by atoms with E-state index in [0.29, 0.717) is 11.5 Å². The molecule has 13 rings (SSSR count). The zero-order valence-electron chi connectivity index (χ0n) is 38.2. The van der Waals surface area contributed by atoms with Gasteiger partial charge in [0.05, 0.1) is 11.4 Å². The average molecular weight is 958 g/mol. The molecule has 0 unspecified atom stereocenters. The molecule has 328 valence electrons. The first-order valence-electron chi connectivity index (χ1n) is 24.0. The van der Waals surface area contributed by atoms with E-state index in [1.165, 1.54) is 99.3 Å². The molecule has 0 spiro atoms. The average Bonchev–Trinajstić information content (AvgIpc) is 3.22. The molecule has 2 N–H and O–H groups in total. The Labute approximate surface area is 395 Å². The summed E-state index contributed by atoms with van der Waals surface area (Å²) in [5.74, 6) is 5.71. The molecule has 4 aromatic carbocycles. The monoisotopic (exact) mass is 955 g/mol. The molecule has 0 amide bonds. The van der Waals surface area contributed by atoms with E-state index in [1.807, 2.05) is 0 Å². The quantitative estimate of drug-likeness (QED) is 0.178. The molecule has 63 heavy (non-hydrogen) atoms. The molecule has 1 heterocycles. The zero-order valence-corrected chi connectivity index (χ0v) is 42.2. The van der Waals surface area contributed by atoms with Crippen LogP contribution in [0.1, 0.15) is 141 Å². The Bertz CT molecular complexity index is 2310. The van der Waals surface area contributed by atoms with Crippen LogP contribution in [0, 0.1) is 35.5 Å². The fourth-order valence-corrected chi connectivity index (χ4v) is 14.9. The van der Waals surface area contributed by atoms with Gasteiger partial charge < -0.3 is 10.2 Å². The van der Waals surface area contributed by atoms with Crippen molar-refractivity contribution in [1.82, 2.24) is 4.98 Å². The Morgan fingerprint density at radius 2 is 0.762 bits per heavy atom. The molecule has 1 aromatic heterocycles. The van der Waals surface area contributed by atoms with Crippen molar-refractivity contribution in [3.8, 4) is 56.3 Å². The third-order valence-corrected chi connectivity index (χ3v) is 16.9. The Balaban J connectivity index is 0.00000153. The molecule has 5 aromatic rings. The van der Waals surface area contributed by atoms with E-state index in [9.17, 15) is 10.2 Å². The number of phenols is 2. The van der Waals surface area contributed by atoms with Crippen LogP contribution in [-0.4, -0.2) is 15.2 Å². The van der Waals surface area contributed by atoms with Crippen LogP contribution in [0.5, 0.6) is 11.5 Å². The SMILES string of the molecule is CC(C)(C)c1cc(-c2ccccc2-c2cccc(-c3ccccc3-c3cc(C(C)(C)C)cc(C45CC6CC(CC(C6)C4)C5)c3O)n2)c(O)c(C23CC4CC(CC(C4)C2)C3)c1.[Cl][Zr][Cl]. The summed E-state index contributed by atoms with van der Waals surface area (Å²) >= 11 is -0.826. The van der Waals surface area contributed by atoms with Crippen LogP contribution in [-0.2, 0) is 42.5 Å². The number of halogens is 2. The predicted molar refractivity (Wildman–Crippen MR) is 258 cm³/mol. The van der Waals surface area contributed by atoms with Gasteiger partial charge in [0.2, 0.25) is 0 Å². The number of aromatic nitrogens is 1. The zero-order chi connectivity index (χ0) is 44.1. The second-order valence-corrected chi connectivity index (χ2v) is 27.0. The first-order chi connectivity index (χ1) is 30.1. The molecule has 8 aliphatic rings. The Hall–Kier alpha value is -2.91. The normalized spacial score (nSPS) is 29.1. The van der Waals surface area contributed by atoms with E-state index in [2.05, 4.69) is 133 Å². The number of hydrogen-bond acceptors (Lipinski definition) is 3. The van der Waals surface area contributed by atoms with Crippen molar-refractivity contribution in [3.05, 3.63) is 113 Å². The van der Waals surface area contributed by atoms with Gasteiger partial charge >= 0.3 is 37.9 Å². The number of rotatable bonds is 6. The number of pyridine rings is 1. The van der Waals surface area contributed by atoms with E-state index in [4.69, 9.17) is 22.0 Å². The summed E-state index contributed by atoms with van der Waals surface area (Å²) < 4.78 is 0. The minimum absolute atomic E-state index is 0.0665. The third kappa shape index (κ3) is 8.01. The van der Waals surface area contributed by atoms with Crippen LogP contribution in [0.25, 0.3) is 44.8 Å². The van der Waals surface area contributed by atoms with Gasteiger partial charge in [-0.15, -0.1) is 0 Å².